The predicted octanol–water partition coefficient (Wildman–Crippen LogP) is 3.63. The van der Waals surface area contributed by atoms with Gasteiger partial charge in [0.25, 0.3) is 0 Å². The molecule has 0 unspecified atom stereocenters. The minimum absolute atomic E-state index is 0.0453. The number of likely N-dealkylation sites (N-methyl/N-ethyl adjacent to an activating group) is 1. The van der Waals surface area contributed by atoms with Crippen LogP contribution >= 0.6 is 0 Å². The number of hydrogen-bond donors (Lipinski definition) is 0. The molecule has 0 spiro atoms. The fraction of sp³-hybridized carbons (Fsp3) is 0.667. The molecule has 0 bridgehead atoms. The van der Waals surface area contributed by atoms with Crippen molar-refractivity contribution in [1.82, 2.24) is 9.80 Å². The molecule has 1 aromatic carbocycles. The summed E-state index contributed by atoms with van der Waals surface area (Å²) < 4.78 is 5.18. The van der Waals surface area contributed by atoms with Crippen molar-refractivity contribution < 1.29 is 9.53 Å². The van der Waals surface area contributed by atoms with E-state index in [1.165, 1.54) is 24.8 Å². The maximum absolute atomic E-state index is 13.1. The van der Waals surface area contributed by atoms with Gasteiger partial charge in [-0.1, -0.05) is 43.2 Å². The van der Waals surface area contributed by atoms with Gasteiger partial charge in [-0.15, -0.1) is 0 Å². The normalized spacial score (nSPS) is 30.6. The highest BCUT2D eigenvalue weighted by Gasteiger charge is 2.53. The zero-order chi connectivity index (χ0) is 17.9. The second-order valence-electron chi connectivity index (χ2n) is 7.82. The van der Waals surface area contributed by atoms with Gasteiger partial charge < -0.3 is 9.64 Å². The van der Waals surface area contributed by atoms with Crippen molar-refractivity contribution in [2.75, 3.05) is 27.3 Å². The maximum Gasteiger partial charge on any atom is 0.225 e. The van der Waals surface area contributed by atoms with E-state index < -0.39 is 0 Å². The summed E-state index contributed by atoms with van der Waals surface area (Å²) in [6.45, 7) is 3.98. The molecule has 2 heterocycles. The quantitative estimate of drug-likeness (QED) is 0.836. The topological polar surface area (TPSA) is 32.8 Å². The highest BCUT2D eigenvalue weighted by Crippen LogP contribution is 2.47. The number of amides is 1. The zero-order valence-corrected chi connectivity index (χ0v) is 15.9. The zero-order valence-electron chi connectivity index (χ0n) is 15.9. The van der Waals surface area contributed by atoms with Gasteiger partial charge in [-0.25, -0.2) is 0 Å². The van der Waals surface area contributed by atoms with Crippen LogP contribution < -0.4 is 0 Å². The highest BCUT2D eigenvalue weighted by atomic mass is 16.5. The lowest BCUT2D eigenvalue weighted by Gasteiger charge is -2.43. The third kappa shape index (κ3) is 3.61. The van der Waals surface area contributed by atoms with Gasteiger partial charge in [0.15, 0.2) is 0 Å². The van der Waals surface area contributed by atoms with Gasteiger partial charge in [0.2, 0.25) is 5.91 Å². The van der Waals surface area contributed by atoms with Crippen LogP contribution in [0.15, 0.2) is 30.3 Å². The molecular weight excluding hydrogens is 312 g/mol. The van der Waals surface area contributed by atoms with Crippen LogP contribution in [-0.4, -0.2) is 54.6 Å². The standard InChI is InChI=1S/C21H32N2O2/c1-21-16-18(17-10-6-4-7-11-17)23(20(24)13-15-25-3)19(21)12-8-5-9-14-22(21)2/h4,6-7,10-11,18-19H,5,8-9,12-16H2,1-3H3/t18-,19-,21-/m0/s1. The molecule has 0 aliphatic carbocycles. The SMILES string of the molecule is COCCC(=O)N1[C@H]2CCCCCN(C)[C@@]2(C)C[C@H]1c1ccccc1. The lowest BCUT2D eigenvalue weighted by molar-refractivity contribution is -0.136. The van der Waals surface area contributed by atoms with Crippen LogP contribution in [0, 0.1) is 0 Å². The molecule has 2 aliphatic heterocycles. The van der Waals surface area contributed by atoms with Crippen LogP contribution in [-0.2, 0) is 9.53 Å². The van der Waals surface area contributed by atoms with Crippen molar-refractivity contribution in [1.29, 1.82) is 0 Å². The lowest BCUT2D eigenvalue weighted by Crippen LogP contribution is -2.55. The van der Waals surface area contributed by atoms with Crippen molar-refractivity contribution in [2.45, 2.75) is 63.1 Å². The molecular formula is C21H32N2O2. The maximum atomic E-state index is 13.1. The summed E-state index contributed by atoms with van der Waals surface area (Å²) in [5.74, 6) is 0.235. The molecule has 3 rings (SSSR count). The monoisotopic (exact) mass is 344 g/mol. The highest BCUT2D eigenvalue weighted by molar-refractivity contribution is 5.78. The fourth-order valence-corrected chi connectivity index (χ4v) is 4.74. The molecule has 2 fully saturated rings. The number of nitrogens with zero attached hydrogens (tertiary/aromatic N) is 2. The predicted molar refractivity (Wildman–Crippen MR) is 100 cm³/mol. The average molecular weight is 344 g/mol. The number of carbonyl (C=O) groups is 1. The average Bonchev–Trinajstić information content (AvgIpc) is 2.92. The minimum Gasteiger partial charge on any atom is -0.384 e. The van der Waals surface area contributed by atoms with Gasteiger partial charge in [0, 0.05) is 12.6 Å². The first-order valence-corrected chi connectivity index (χ1v) is 9.64. The van der Waals surface area contributed by atoms with Gasteiger partial charge in [0.1, 0.15) is 0 Å². The van der Waals surface area contributed by atoms with Gasteiger partial charge in [-0.05, 0) is 45.3 Å². The second kappa shape index (κ2) is 7.88. The van der Waals surface area contributed by atoms with Gasteiger partial charge in [0.05, 0.1) is 25.1 Å². The summed E-state index contributed by atoms with van der Waals surface area (Å²) in [7, 11) is 3.91. The van der Waals surface area contributed by atoms with E-state index in [1.54, 1.807) is 7.11 Å². The Hall–Kier alpha value is -1.39. The smallest absolute Gasteiger partial charge is 0.225 e. The Morgan fingerprint density at radius 1 is 1.24 bits per heavy atom. The van der Waals surface area contributed by atoms with E-state index >= 15 is 0 Å². The molecule has 0 aromatic heterocycles. The molecule has 4 heteroatoms. The Labute approximate surface area is 152 Å². The Morgan fingerprint density at radius 2 is 2.00 bits per heavy atom. The van der Waals surface area contributed by atoms with E-state index in [0.717, 1.165) is 19.4 Å². The Bertz CT molecular complexity index is 577. The first-order chi connectivity index (χ1) is 12.1. The first kappa shape index (κ1) is 18.4. The molecule has 0 saturated carbocycles. The Morgan fingerprint density at radius 3 is 2.72 bits per heavy atom. The molecule has 1 aromatic rings. The number of rotatable bonds is 4. The number of fused-ring (bicyclic) bond motifs is 1. The largest absolute Gasteiger partial charge is 0.384 e. The van der Waals surface area contributed by atoms with Crippen molar-refractivity contribution in [3.63, 3.8) is 0 Å². The van der Waals surface area contributed by atoms with E-state index in [4.69, 9.17) is 4.74 Å². The number of hydrogen-bond acceptors (Lipinski definition) is 3. The molecule has 0 radical (unpaired) electrons. The van der Waals surface area contributed by atoms with E-state index in [0.29, 0.717) is 13.0 Å². The summed E-state index contributed by atoms with van der Waals surface area (Å²) in [5.41, 5.74) is 1.30. The van der Waals surface area contributed by atoms with Gasteiger partial charge in [-0.2, -0.15) is 0 Å². The molecule has 0 N–H and O–H groups in total. The molecule has 138 valence electrons. The lowest BCUT2D eigenvalue weighted by atomic mass is 9.84. The first-order valence-electron chi connectivity index (χ1n) is 9.64. The molecule has 2 aliphatic rings. The van der Waals surface area contributed by atoms with E-state index in [9.17, 15) is 4.79 Å². The molecule has 1 amide bonds. The molecule has 4 nitrogen and oxygen atoms in total. The van der Waals surface area contributed by atoms with Crippen LogP contribution in [0.4, 0.5) is 0 Å². The Balaban J connectivity index is 1.96. The number of likely N-dealkylation sites (tertiary alicyclic amines) is 2. The van der Waals surface area contributed by atoms with Crippen LogP contribution in [0.1, 0.15) is 57.1 Å². The van der Waals surface area contributed by atoms with Crippen LogP contribution in [0.5, 0.6) is 0 Å². The Kier molecular flexibility index (Phi) is 5.80. The van der Waals surface area contributed by atoms with Gasteiger partial charge >= 0.3 is 0 Å². The third-order valence-electron chi connectivity index (χ3n) is 6.33. The van der Waals surface area contributed by atoms with Crippen LogP contribution in [0.2, 0.25) is 0 Å². The van der Waals surface area contributed by atoms with Crippen molar-refractivity contribution in [2.24, 2.45) is 0 Å². The minimum atomic E-state index is 0.0453. The van der Waals surface area contributed by atoms with Crippen molar-refractivity contribution >= 4 is 5.91 Å². The summed E-state index contributed by atoms with van der Waals surface area (Å²) in [6, 6.07) is 11.0. The number of methoxy groups -OCH3 is 1. The van der Waals surface area contributed by atoms with E-state index in [1.807, 2.05) is 6.07 Å². The summed E-state index contributed by atoms with van der Waals surface area (Å²) in [5, 5.41) is 0. The molecule has 25 heavy (non-hydrogen) atoms. The van der Waals surface area contributed by atoms with Crippen LogP contribution in [0.3, 0.4) is 0 Å². The number of benzene rings is 1. The number of ether oxygens (including phenoxy) is 1. The van der Waals surface area contributed by atoms with Gasteiger partial charge in [-0.3, -0.25) is 9.69 Å². The summed E-state index contributed by atoms with van der Waals surface area (Å²) >= 11 is 0. The fourth-order valence-electron chi connectivity index (χ4n) is 4.74. The third-order valence-corrected chi connectivity index (χ3v) is 6.33. The number of carbonyl (C=O) groups excluding carboxylic acids is 1. The summed E-state index contributed by atoms with van der Waals surface area (Å²) in [4.78, 5) is 17.8. The second-order valence-corrected chi connectivity index (χ2v) is 7.82. The van der Waals surface area contributed by atoms with Crippen LogP contribution in [0.25, 0.3) is 0 Å². The van der Waals surface area contributed by atoms with Crippen molar-refractivity contribution in [3.8, 4) is 0 Å². The molecule has 3 atom stereocenters. The van der Waals surface area contributed by atoms with Crippen molar-refractivity contribution in [3.05, 3.63) is 35.9 Å². The summed E-state index contributed by atoms with van der Waals surface area (Å²) in [6.07, 6.45) is 6.30. The molecule has 2 saturated heterocycles. The van der Waals surface area contributed by atoms with E-state index in [-0.39, 0.29) is 23.5 Å². The van der Waals surface area contributed by atoms with E-state index in [2.05, 4.69) is 48.0 Å².